The maximum Gasteiger partial charge on any atom is 0.252 e. The van der Waals surface area contributed by atoms with Crippen LogP contribution in [0.1, 0.15) is 55.2 Å². The van der Waals surface area contributed by atoms with Crippen molar-refractivity contribution in [1.29, 1.82) is 0 Å². The Morgan fingerprint density at radius 1 is 1.43 bits per heavy atom. The molecule has 1 heterocycles. The minimum atomic E-state index is -0.443. The Balaban J connectivity index is 2.44. The van der Waals surface area contributed by atoms with Crippen molar-refractivity contribution in [2.45, 2.75) is 52.0 Å². The first-order chi connectivity index (χ1) is 9.87. The van der Waals surface area contributed by atoms with Gasteiger partial charge in [0.25, 0.3) is 5.91 Å². The number of nitrogens with two attached hydrogens (primary N) is 2. The van der Waals surface area contributed by atoms with Crippen molar-refractivity contribution >= 4 is 11.7 Å². The van der Waals surface area contributed by atoms with E-state index in [0.29, 0.717) is 23.8 Å². The zero-order valence-corrected chi connectivity index (χ0v) is 13.2. The fraction of sp³-hybridized carbons (Fsp3) is 0.625. The summed E-state index contributed by atoms with van der Waals surface area (Å²) in [7, 11) is 0. The van der Waals surface area contributed by atoms with Crippen molar-refractivity contribution in [3.05, 3.63) is 22.9 Å². The van der Waals surface area contributed by atoms with Crippen molar-refractivity contribution in [2.75, 3.05) is 11.9 Å². The molecule has 21 heavy (non-hydrogen) atoms. The Hall–Kier alpha value is -1.62. The summed E-state index contributed by atoms with van der Waals surface area (Å²) < 4.78 is 0. The van der Waals surface area contributed by atoms with Crippen LogP contribution in [0.15, 0.2) is 6.07 Å². The summed E-state index contributed by atoms with van der Waals surface area (Å²) in [5.74, 6) is 0.437. The summed E-state index contributed by atoms with van der Waals surface area (Å²) in [5, 5.41) is 3.37. The molecule has 5 N–H and O–H groups in total. The summed E-state index contributed by atoms with van der Waals surface area (Å²) in [6.45, 7) is 6.70. The SMILES string of the molecule is CC(C)C(C)(CN)Nc1nc2c(cc1C(N)=O)CCCC2. The number of aryl methyl sites for hydroxylation is 2. The third kappa shape index (κ3) is 3.18. The summed E-state index contributed by atoms with van der Waals surface area (Å²) in [4.78, 5) is 16.4. The van der Waals surface area contributed by atoms with Crippen LogP contribution in [0.25, 0.3) is 0 Å². The third-order valence-electron chi connectivity index (χ3n) is 4.67. The van der Waals surface area contributed by atoms with Gasteiger partial charge in [-0.15, -0.1) is 0 Å². The number of primary amides is 1. The van der Waals surface area contributed by atoms with Gasteiger partial charge < -0.3 is 16.8 Å². The van der Waals surface area contributed by atoms with E-state index in [1.807, 2.05) is 13.0 Å². The molecular formula is C16H26N4O. The zero-order chi connectivity index (χ0) is 15.6. The normalized spacial score (nSPS) is 17.2. The van der Waals surface area contributed by atoms with E-state index >= 15 is 0 Å². The van der Waals surface area contributed by atoms with Crippen LogP contribution in [0.3, 0.4) is 0 Å². The number of amides is 1. The van der Waals surface area contributed by atoms with Gasteiger partial charge in [0.15, 0.2) is 0 Å². The minimum Gasteiger partial charge on any atom is -0.365 e. The molecule has 1 aromatic rings. The number of fused-ring (bicyclic) bond motifs is 1. The van der Waals surface area contributed by atoms with Gasteiger partial charge in [0, 0.05) is 12.2 Å². The summed E-state index contributed by atoms with van der Waals surface area (Å²) in [6, 6.07) is 1.91. The van der Waals surface area contributed by atoms with Gasteiger partial charge in [0.2, 0.25) is 0 Å². The lowest BCUT2D eigenvalue weighted by Gasteiger charge is -2.35. The molecular weight excluding hydrogens is 264 g/mol. The molecule has 0 radical (unpaired) electrons. The number of carbonyl (C=O) groups excluding carboxylic acids is 1. The number of rotatable bonds is 5. The molecule has 0 aromatic carbocycles. The summed E-state index contributed by atoms with van der Waals surface area (Å²) in [5.41, 5.74) is 13.8. The molecule has 5 heteroatoms. The van der Waals surface area contributed by atoms with Crippen LogP contribution in [0, 0.1) is 5.92 Å². The number of hydrogen-bond acceptors (Lipinski definition) is 4. The van der Waals surface area contributed by atoms with E-state index in [4.69, 9.17) is 11.5 Å². The number of aromatic nitrogens is 1. The minimum absolute atomic E-state index is 0.307. The number of hydrogen-bond donors (Lipinski definition) is 3. The van der Waals surface area contributed by atoms with Gasteiger partial charge in [-0.1, -0.05) is 13.8 Å². The highest BCUT2D eigenvalue weighted by atomic mass is 16.1. The fourth-order valence-electron chi connectivity index (χ4n) is 2.62. The van der Waals surface area contributed by atoms with Crippen molar-refractivity contribution in [1.82, 2.24) is 4.98 Å². The molecule has 0 saturated carbocycles. The van der Waals surface area contributed by atoms with Crippen LogP contribution in [0.2, 0.25) is 0 Å². The van der Waals surface area contributed by atoms with Crippen LogP contribution in [-0.4, -0.2) is 23.0 Å². The van der Waals surface area contributed by atoms with Gasteiger partial charge in [-0.2, -0.15) is 0 Å². The molecule has 1 aliphatic carbocycles. The first kappa shape index (κ1) is 15.8. The van der Waals surface area contributed by atoms with Crippen LogP contribution in [0.4, 0.5) is 5.82 Å². The average molecular weight is 290 g/mol. The first-order valence-corrected chi connectivity index (χ1v) is 7.68. The van der Waals surface area contributed by atoms with E-state index in [1.165, 1.54) is 0 Å². The van der Waals surface area contributed by atoms with E-state index in [2.05, 4.69) is 24.1 Å². The number of nitrogens with zero attached hydrogens (tertiary/aromatic N) is 1. The zero-order valence-electron chi connectivity index (χ0n) is 13.2. The topological polar surface area (TPSA) is 94.0 Å². The smallest absolute Gasteiger partial charge is 0.252 e. The lowest BCUT2D eigenvalue weighted by Crippen LogP contribution is -2.47. The Morgan fingerprint density at radius 3 is 2.67 bits per heavy atom. The maximum atomic E-state index is 11.8. The molecule has 1 aromatic heterocycles. The predicted molar refractivity (Wildman–Crippen MR) is 85.3 cm³/mol. The van der Waals surface area contributed by atoms with Crippen LogP contribution in [0.5, 0.6) is 0 Å². The van der Waals surface area contributed by atoms with Gasteiger partial charge in [-0.25, -0.2) is 4.98 Å². The van der Waals surface area contributed by atoms with E-state index < -0.39 is 5.91 Å². The molecule has 116 valence electrons. The second-order valence-electron chi connectivity index (χ2n) is 6.46. The Labute approximate surface area is 126 Å². The molecule has 5 nitrogen and oxygen atoms in total. The van der Waals surface area contributed by atoms with Gasteiger partial charge in [0.05, 0.1) is 11.1 Å². The molecule has 0 bridgehead atoms. The molecule has 0 spiro atoms. The summed E-state index contributed by atoms with van der Waals surface area (Å²) >= 11 is 0. The highest BCUT2D eigenvalue weighted by Gasteiger charge is 2.29. The Bertz CT molecular complexity index is 541. The van der Waals surface area contributed by atoms with Crippen molar-refractivity contribution in [3.8, 4) is 0 Å². The molecule has 1 amide bonds. The molecule has 2 rings (SSSR count). The molecule has 0 saturated heterocycles. The Morgan fingerprint density at radius 2 is 2.10 bits per heavy atom. The van der Waals surface area contributed by atoms with Gasteiger partial charge in [-0.3, -0.25) is 4.79 Å². The van der Waals surface area contributed by atoms with Crippen molar-refractivity contribution in [2.24, 2.45) is 17.4 Å². The van der Waals surface area contributed by atoms with Gasteiger partial charge in [0.1, 0.15) is 5.82 Å². The second-order valence-corrected chi connectivity index (χ2v) is 6.46. The largest absolute Gasteiger partial charge is 0.365 e. The highest BCUT2D eigenvalue weighted by Crippen LogP contribution is 2.28. The van der Waals surface area contributed by atoms with Gasteiger partial charge >= 0.3 is 0 Å². The monoisotopic (exact) mass is 290 g/mol. The maximum absolute atomic E-state index is 11.8. The number of anilines is 1. The lowest BCUT2D eigenvalue weighted by atomic mass is 9.88. The molecule has 1 unspecified atom stereocenters. The average Bonchev–Trinajstić information content (AvgIpc) is 2.45. The number of nitrogens with one attached hydrogen (secondary N) is 1. The molecule has 1 aliphatic rings. The van der Waals surface area contributed by atoms with Gasteiger partial charge in [-0.05, 0) is 50.2 Å². The fourth-order valence-corrected chi connectivity index (χ4v) is 2.62. The molecule has 0 aliphatic heterocycles. The highest BCUT2D eigenvalue weighted by molar-refractivity contribution is 5.98. The number of carbonyl (C=O) groups is 1. The molecule has 0 fully saturated rings. The lowest BCUT2D eigenvalue weighted by molar-refractivity contribution is 0.100. The van der Waals surface area contributed by atoms with Crippen LogP contribution in [-0.2, 0) is 12.8 Å². The second kappa shape index (κ2) is 6.02. The molecule has 1 atom stereocenters. The summed E-state index contributed by atoms with van der Waals surface area (Å²) in [6.07, 6.45) is 4.23. The van der Waals surface area contributed by atoms with E-state index in [0.717, 1.165) is 36.9 Å². The van der Waals surface area contributed by atoms with Crippen LogP contribution >= 0.6 is 0 Å². The van der Waals surface area contributed by atoms with Crippen LogP contribution < -0.4 is 16.8 Å². The standard InChI is InChI=1S/C16H26N4O/c1-10(2)16(3,9-17)20-15-12(14(18)21)8-11-6-4-5-7-13(11)19-15/h8,10H,4-7,9,17H2,1-3H3,(H2,18,21)(H,19,20). The van der Waals surface area contributed by atoms with E-state index in [1.54, 1.807) is 0 Å². The van der Waals surface area contributed by atoms with Crippen molar-refractivity contribution < 1.29 is 4.79 Å². The quantitative estimate of drug-likeness (QED) is 0.771. The third-order valence-corrected chi connectivity index (χ3v) is 4.67. The number of pyridine rings is 1. The van der Waals surface area contributed by atoms with E-state index in [-0.39, 0.29) is 5.54 Å². The first-order valence-electron chi connectivity index (χ1n) is 7.68. The van der Waals surface area contributed by atoms with E-state index in [9.17, 15) is 4.79 Å². The Kier molecular flexibility index (Phi) is 4.52. The predicted octanol–water partition coefficient (Wildman–Crippen LogP) is 1.84. The van der Waals surface area contributed by atoms with Crippen molar-refractivity contribution in [3.63, 3.8) is 0 Å².